The lowest BCUT2D eigenvalue weighted by atomic mass is 9.99. The third-order valence-electron chi connectivity index (χ3n) is 3.24. The van der Waals surface area contributed by atoms with Gasteiger partial charge < -0.3 is 10.6 Å². The first kappa shape index (κ1) is 15.6. The maximum absolute atomic E-state index is 5.99. The second-order valence-electron chi connectivity index (χ2n) is 4.80. The summed E-state index contributed by atoms with van der Waals surface area (Å²) in [5.41, 5.74) is 2.47. The summed E-state index contributed by atoms with van der Waals surface area (Å²) < 4.78 is 0. The van der Waals surface area contributed by atoms with Gasteiger partial charge in [0.1, 0.15) is 0 Å². The molecule has 0 amide bonds. The van der Waals surface area contributed by atoms with Crippen molar-refractivity contribution in [1.82, 2.24) is 10.6 Å². The van der Waals surface area contributed by atoms with Gasteiger partial charge in [-0.2, -0.15) is 0 Å². The predicted octanol–water partition coefficient (Wildman–Crippen LogP) is 4.14. The highest BCUT2D eigenvalue weighted by Crippen LogP contribution is 2.23. The lowest BCUT2D eigenvalue weighted by Crippen LogP contribution is -2.29. The predicted molar refractivity (Wildman–Crippen MR) is 90.6 cm³/mol. The van der Waals surface area contributed by atoms with Gasteiger partial charge in [-0.15, -0.1) is 0 Å². The molecule has 3 heteroatoms. The molecule has 1 unspecified atom stereocenters. The second-order valence-corrected chi connectivity index (χ2v) is 5.24. The standard InChI is InChI=1S/C18H21ClN2/c1-2-12-20-13-14-21-18(15-6-4-3-5-7-15)16-8-10-17(19)11-9-16/h2-12,18,20-21H,13-14H2,1H3/b12-2+. The van der Waals surface area contributed by atoms with Gasteiger partial charge in [0, 0.05) is 18.1 Å². The molecule has 0 saturated heterocycles. The van der Waals surface area contributed by atoms with Crippen molar-refractivity contribution in [3.63, 3.8) is 0 Å². The Bertz CT molecular complexity index is 549. The van der Waals surface area contributed by atoms with Crippen LogP contribution in [-0.2, 0) is 0 Å². The largest absolute Gasteiger partial charge is 0.390 e. The Labute approximate surface area is 131 Å². The zero-order chi connectivity index (χ0) is 14.9. The van der Waals surface area contributed by atoms with Crippen LogP contribution in [0.3, 0.4) is 0 Å². The van der Waals surface area contributed by atoms with Crippen LogP contribution in [-0.4, -0.2) is 13.1 Å². The van der Waals surface area contributed by atoms with Gasteiger partial charge in [-0.1, -0.05) is 60.1 Å². The Balaban J connectivity index is 2.09. The van der Waals surface area contributed by atoms with Crippen molar-refractivity contribution in [2.24, 2.45) is 0 Å². The van der Waals surface area contributed by atoms with E-state index in [4.69, 9.17) is 11.6 Å². The zero-order valence-corrected chi connectivity index (χ0v) is 13.0. The Morgan fingerprint density at radius 1 is 0.952 bits per heavy atom. The van der Waals surface area contributed by atoms with Crippen molar-refractivity contribution in [3.05, 3.63) is 83.0 Å². The molecule has 0 aliphatic carbocycles. The molecule has 2 aromatic rings. The third-order valence-corrected chi connectivity index (χ3v) is 3.49. The molecule has 0 bridgehead atoms. The van der Waals surface area contributed by atoms with Gasteiger partial charge in [-0.25, -0.2) is 0 Å². The minimum Gasteiger partial charge on any atom is -0.390 e. The maximum Gasteiger partial charge on any atom is 0.0577 e. The first-order valence-electron chi connectivity index (χ1n) is 7.19. The molecule has 2 rings (SSSR count). The fourth-order valence-electron chi connectivity index (χ4n) is 2.22. The fraction of sp³-hybridized carbons (Fsp3) is 0.222. The van der Waals surface area contributed by atoms with Crippen LogP contribution in [0.25, 0.3) is 0 Å². The highest BCUT2D eigenvalue weighted by molar-refractivity contribution is 6.30. The Hall–Kier alpha value is -1.77. The summed E-state index contributed by atoms with van der Waals surface area (Å²) in [5.74, 6) is 0. The van der Waals surface area contributed by atoms with E-state index in [1.165, 1.54) is 11.1 Å². The van der Waals surface area contributed by atoms with E-state index in [2.05, 4.69) is 47.0 Å². The molecule has 0 heterocycles. The van der Waals surface area contributed by atoms with E-state index in [9.17, 15) is 0 Å². The number of nitrogens with one attached hydrogen (secondary N) is 2. The highest BCUT2D eigenvalue weighted by atomic mass is 35.5. The molecule has 0 aromatic heterocycles. The number of hydrogen-bond donors (Lipinski definition) is 2. The number of allylic oxidation sites excluding steroid dienone is 1. The number of benzene rings is 2. The van der Waals surface area contributed by atoms with Gasteiger partial charge in [-0.05, 0) is 36.4 Å². The van der Waals surface area contributed by atoms with Gasteiger partial charge in [0.25, 0.3) is 0 Å². The summed E-state index contributed by atoms with van der Waals surface area (Å²) in [4.78, 5) is 0. The van der Waals surface area contributed by atoms with Gasteiger partial charge in [0.2, 0.25) is 0 Å². The normalized spacial score (nSPS) is 12.5. The summed E-state index contributed by atoms with van der Waals surface area (Å²) >= 11 is 5.99. The topological polar surface area (TPSA) is 24.1 Å². The molecule has 2 aromatic carbocycles. The van der Waals surface area contributed by atoms with Gasteiger partial charge >= 0.3 is 0 Å². The summed E-state index contributed by atoms with van der Waals surface area (Å²) in [6.45, 7) is 3.77. The van der Waals surface area contributed by atoms with Crippen LogP contribution in [0.5, 0.6) is 0 Å². The van der Waals surface area contributed by atoms with Crippen molar-refractivity contribution in [3.8, 4) is 0 Å². The average molecular weight is 301 g/mol. The van der Waals surface area contributed by atoms with E-state index in [0.717, 1.165) is 18.1 Å². The maximum atomic E-state index is 5.99. The molecule has 1 atom stereocenters. The highest BCUT2D eigenvalue weighted by Gasteiger charge is 2.12. The lowest BCUT2D eigenvalue weighted by Gasteiger charge is -2.20. The number of rotatable bonds is 7. The first-order chi connectivity index (χ1) is 10.3. The average Bonchev–Trinajstić information content (AvgIpc) is 2.53. The van der Waals surface area contributed by atoms with Crippen molar-refractivity contribution in [2.75, 3.05) is 13.1 Å². The molecule has 2 nitrogen and oxygen atoms in total. The molecule has 0 fully saturated rings. The third kappa shape index (κ3) is 4.92. The molecule has 0 saturated carbocycles. The van der Waals surface area contributed by atoms with Gasteiger partial charge in [-0.3, -0.25) is 0 Å². The van der Waals surface area contributed by atoms with Crippen molar-refractivity contribution >= 4 is 11.6 Å². The van der Waals surface area contributed by atoms with Crippen LogP contribution in [0.15, 0.2) is 66.9 Å². The van der Waals surface area contributed by atoms with Crippen LogP contribution in [0.4, 0.5) is 0 Å². The Morgan fingerprint density at radius 3 is 2.29 bits per heavy atom. The van der Waals surface area contributed by atoms with E-state index in [-0.39, 0.29) is 6.04 Å². The molecule has 2 N–H and O–H groups in total. The fourth-order valence-corrected chi connectivity index (χ4v) is 2.34. The monoisotopic (exact) mass is 300 g/mol. The van der Waals surface area contributed by atoms with Crippen LogP contribution in [0.1, 0.15) is 24.1 Å². The van der Waals surface area contributed by atoms with Crippen LogP contribution in [0, 0.1) is 0 Å². The SMILES string of the molecule is C/C=C/NCCNC(c1ccccc1)c1ccc(Cl)cc1. The summed E-state index contributed by atoms with van der Waals surface area (Å²) in [6, 6.07) is 18.7. The van der Waals surface area contributed by atoms with Crippen LogP contribution >= 0.6 is 11.6 Å². The van der Waals surface area contributed by atoms with E-state index in [0.29, 0.717) is 0 Å². The van der Waals surface area contributed by atoms with Crippen molar-refractivity contribution in [2.45, 2.75) is 13.0 Å². The molecule has 0 radical (unpaired) electrons. The number of halogens is 1. The van der Waals surface area contributed by atoms with Crippen molar-refractivity contribution in [1.29, 1.82) is 0 Å². The summed E-state index contributed by atoms with van der Waals surface area (Å²) in [5, 5.41) is 7.59. The molecule has 0 aliphatic rings. The number of hydrogen-bond acceptors (Lipinski definition) is 2. The smallest absolute Gasteiger partial charge is 0.0577 e. The molecule has 110 valence electrons. The zero-order valence-electron chi connectivity index (χ0n) is 12.2. The molecule has 21 heavy (non-hydrogen) atoms. The van der Waals surface area contributed by atoms with Crippen LogP contribution in [0.2, 0.25) is 5.02 Å². The van der Waals surface area contributed by atoms with Crippen LogP contribution < -0.4 is 10.6 Å². The molecule has 0 aliphatic heterocycles. The van der Waals surface area contributed by atoms with Crippen molar-refractivity contribution < 1.29 is 0 Å². The summed E-state index contributed by atoms with van der Waals surface area (Å²) in [6.07, 6.45) is 3.95. The van der Waals surface area contributed by atoms with E-state index >= 15 is 0 Å². The van der Waals surface area contributed by atoms with E-state index < -0.39 is 0 Å². The minimum atomic E-state index is 0.177. The molecular weight excluding hydrogens is 280 g/mol. The van der Waals surface area contributed by atoms with E-state index in [1.807, 2.05) is 37.4 Å². The quantitative estimate of drug-likeness (QED) is 0.751. The van der Waals surface area contributed by atoms with E-state index in [1.54, 1.807) is 0 Å². The minimum absolute atomic E-state index is 0.177. The summed E-state index contributed by atoms with van der Waals surface area (Å²) in [7, 11) is 0. The Morgan fingerprint density at radius 2 is 1.62 bits per heavy atom. The second kappa shape index (κ2) is 8.50. The molecule has 0 spiro atoms. The van der Waals surface area contributed by atoms with Gasteiger partial charge in [0.05, 0.1) is 6.04 Å². The Kier molecular flexibility index (Phi) is 6.32. The molecular formula is C18H21ClN2. The lowest BCUT2D eigenvalue weighted by molar-refractivity contribution is 0.594. The van der Waals surface area contributed by atoms with Gasteiger partial charge in [0.15, 0.2) is 0 Å². The first-order valence-corrected chi connectivity index (χ1v) is 7.57.